The van der Waals surface area contributed by atoms with Crippen molar-refractivity contribution in [1.82, 2.24) is 10.6 Å². The molecule has 0 aliphatic heterocycles. The number of amides is 2. The summed E-state index contributed by atoms with van der Waals surface area (Å²) in [7, 11) is 1.63. The van der Waals surface area contributed by atoms with Gasteiger partial charge >= 0.3 is 6.03 Å². The fourth-order valence-corrected chi connectivity index (χ4v) is 2.17. The molecule has 0 bridgehead atoms. The lowest BCUT2D eigenvalue weighted by atomic mass is 9.90. The van der Waals surface area contributed by atoms with Crippen LogP contribution in [-0.4, -0.2) is 13.1 Å². The summed E-state index contributed by atoms with van der Waals surface area (Å²) in [6, 6.07) is 6.41. The Morgan fingerprint density at radius 3 is 2.75 bits per heavy atom. The summed E-state index contributed by atoms with van der Waals surface area (Å²) in [4.78, 5) is 11.1. The number of nitrogens with one attached hydrogen (secondary N) is 2. The van der Waals surface area contributed by atoms with E-state index in [2.05, 4.69) is 28.8 Å². The van der Waals surface area contributed by atoms with Crippen molar-refractivity contribution in [2.45, 2.75) is 32.2 Å². The van der Waals surface area contributed by atoms with Gasteiger partial charge in [0.15, 0.2) is 0 Å². The summed E-state index contributed by atoms with van der Waals surface area (Å²) in [5.74, 6) is 0. The smallest absolute Gasteiger partial charge is 0.314 e. The Kier molecular flexibility index (Phi) is 3.44. The van der Waals surface area contributed by atoms with Crippen molar-refractivity contribution < 1.29 is 4.79 Å². The molecule has 0 unspecified atom stereocenters. The van der Waals surface area contributed by atoms with Crippen molar-refractivity contribution in [1.29, 1.82) is 0 Å². The maximum atomic E-state index is 11.1. The standard InChI is InChI=1S/C13H18N2O/c1-14-13(16)15-9-10-6-7-11-4-2-3-5-12(11)8-10/h6-8H,2-5,9H2,1H3,(H2,14,15,16). The minimum atomic E-state index is -0.127. The predicted octanol–water partition coefficient (Wildman–Crippen LogP) is 1.99. The molecule has 3 nitrogen and oxygen atoms in total. The van der Waals surface area contributed by atoms with Crippen LogP contribution in [-0.2, 0) is 19.4 Å². The molecule has 3 heteroatoms. The fraction of sp³-hybridized carbons (Fsp3) is 0.462. The van der Waals surface area contributed by atoms with Crippen molar-refractivity contribution in [3.8, 4) is 0 Å². The zero-order chi connectivity index (χ0) is 11.4. The second kappa shape index (κ2) is 5.01. The van der Waals surface area contributed by atoms with Gasteiger partial charge in [-0.3, -0.25) is 0 Å². The summed E-state index contributed by atoms with van der Waals surface area (Å²) < 4.78 is 0. The minimum Gasteiger partial charge on any atom is -0.341 e. The SMILES string of the molecule is CNC(=O)NCc1ccc2c(c1)CCCC2. The van der Waals surface area contributed by atoms with Crippen LogP contribution < -0.4 is 10.6 Å². The Hall–Kier alpha value is -1.51. The molecule has 2 rings (SSSR count). The average Bonchev–Trinajstić information content (AvgIpc) is 2.35. The Morgan fingerprint density at radius 1 is 1.25 bits per heavy atom. The second-order valence-electron chi connectivity index (χ2n) is 4.24. The van der Waals surface area contributed by atoms with E-state index in [1.807, 2.05) is 0 Å². The van der Waals surface area contributed by atoms with Crippen LogP contribution in [0.25, 0.3) is 0 Å². The van der Waals surface area contributed by atoms with Gasteiger partial charge in [0.25, 0.3) is 0 Å². The molecule has 0 saturated heterocycles. The first-order chi connectivity index (χ1) is 7.79. The van der Waals surface area contributed by atoms with Crippen LogP contribution >= 0.6 is 0 Å². The largest absolute Gasteiger partial charge is 0.341 e. The van der Waals surface area contributed by atoms with Crippen LogP contribution in [0.2, 0.25) is 0 Å². The zero-order valence-corrected chi connectivity index (χ0v) is 9.68. The summed E-state index contributed by atoms with van der Waals surface area (Å²) in [6.45, 7) is 0.604. The van der Waals surface area contributed by atoms with Gasteiger partial charge in [-0.25, -0.2) is 4.79 Å². The normalized spacial score (nSPS) is 14.1. The second-order valence-corrected chi connectivity index (χ2v) is 4.24. The van der Waals surface area contributed by atoms with Crippen molar-refractivity contribution in [3.05, 3.63) is 34.9 Å². The highest BCUT2D eigenvalue weighted by atomic mass is 16.2. The maximum Gasteiger partial charge on any atom is 0.314 e. The lowest BCUT2D eigenvalue weighted by Crippen LogP contribution is -2.32. The topological polar surface area (TPSA) is 41.1 Å². The Morgan fingerprint density at radius 2 is 2.00 bits per heavy atom. The minimum absolute atomic E-state index is 0.127. The first-order valence-corrected chi connectivity index (χ1v) is 5.86. The summed E-state index contributed by atoms with van der Waals surface area (Å²) in [5, 5.41) is 5.35. The number of fused-ring (bicyclic) bond motifs is 1. The van der Waals surface area contributed by atoms with E-state index in [9.17, 15) is 4.79 Å². The molecule has 1 aromatic rings. The molecule has 1 aliphatic rings. The van der Waals surface area contributed by atoms with E-state index >= 15 is 0 Å². The molecule has 86 valence electrons. The summed E-state index contributed by atoms with van der Waals surface area (Å²) in [5.41, 5.74) is 4.13. The average molecular weight is 218 g/mol. The van der Waals surface area contributed by atoms with E-state index < -0.39 is 0 Å². The number of aryl methyl sites for hydroxylation is 2. The Bertz CT molecular complexity index is 388. The molecular weight excluding hydrogens is 200 g/mol. The molecule has 1 aromatic carbocycles. The van der Waals surface area contributed by atoms with Crippen LogP contribution in [0.4, 0.5) is 4.79 Å². The molecular formula is C13H18N2O. The van der Waals surface area contributed by atoms with Gasteiger partial charge in [0.2, 0.25) is 0 Å². The van der Waals surface area contributed by atoms with Gasteiger partial charge in [-0.05, 0) is 42.4 Å². The number of urea groups is 1. The van der Waals surface area contributed by atoms with Gasteiger partial charge in [-0.1, -0.05) is 18.2 Å². The highest BCUT2D eigenvalue weighted by Gasteiger charge is 2.09. The molecule has 0 saturated carbocycles. The number of hydrogen-bond donors (Lipinski definition) is 2. The fourth-order valence-electron chi connectivity index (χ4n) is 2.17. The number of carbonyl (C=O) groups is 1. The van der Waals surface area contributed by atoms with E-state index in [1.54, 1.807) is 7.05 Å². The third-order valence-corrected chi connectivity index (χ3v) is 3.09. The number of benzene rings is 1. The van der Waals surface area contributed by atoms with E-state index in [1.165, 1.54) is 42.4 Å². The molecule has 0 aromatic heterocycles. The molecule has 0 atom stereocenters. The van der Waals surface area contributed by atoms with Crippen molar-refractivity contribution in [3.63, 3.8) is 0 Å². The highest BCUT2D eigenvalue weighted by molar-refractivity contribution is 5.73. The lowest BCUT2D eigenvalue weighted by Gasteiger charge is -2.16. The Balaban J connectivity index is 2.03. The number of carbonyl (C=O) groups excluding carboxylic acids is 1. The third kappa shape index (κ3) is 2.54. The quantitative estimate of drug-likeness (QED) is 0.783. The van der Waals surface area contributed by atoms with Crippen LogP contribution in [0, 0.1) is 0 Å². The molecule has 1 aliphatic carbocycles. The van der Waals surface area contributed by atoms with Gasteiger partial charge in [0.05, 0.1) is 0 Å². The summed E-state index contributed by atoms with van der Waals surface area (Å²) in [6.07, 6.45) is 4.99. The van der Waals surface area contributed by atoms with E-state index in [-0.39, 0.29) is 6.03 Å². The van der Waals surface area contributed by atoms with Crippen molar-refractivity contribution >= 4 is 6.03 Å². The van der Waals surface area contributed by atoms with Gasteiger partial charge < -0.3 is 10.6 Å². The lowest BCUT2D eigenvalue weighted by molar-refractivity contribution is 0.242. The van der Waals surface area contributed by atoms with Crippen LogP contribution in [0.5, 0.6) is 0 Å². The van der Waals surface area contributed by atoms with Crippen molar-refractivity contribution in [2.24, 2.45) is 0 Å². The van der Waals surface area contributed by atoms with Crippen molar-refractivity contribution in [2.75, 3.05) is 7.05 Å². The maximum absolute atomic E-state index is 11.1. The van der Waals surface area contributed by atoms with Gasteiger partial charge in [0, 0.05) is 13.6 Å². The van der Waals surface area contributed by atoms with Gasteiger partial charge in [-0.15, -0.1) is 0 Å². The highest BCUT2D eigenvalue weighted by Crippen LogP contribution is 2.22. The number of hydrogen-bond acceptors (Lipinski definition) is 1. The molecule has 0 radical (unpaired) electrons. The number of rotatable bonds is 2. The molecule has 0 spiro atoms. The van der Waals surface area contributed by atoms with E-state index in [0.29, 0.717) is 6.54 Å². The van der Waals surface area contributed by atoms with E-state index in [4.69, 9.17) is 0 Å². The molecule has 16 heavy (non-hydrogen) atoms. The first kappa shape index (κ1) is 11.0. The first-order valence-electron chi connectivity index (χ1n) is 5.86. The van der Waals surface area contributed by atoms with E-state index in [0.717, 1.165) is 0 Å². The van der Waals surface area contributed by atoms with Crippen LogP contribution in [0.3, 0.4) is 0 Å². The van der Waals surface area contributed by atoms with Gasteiger partial charge in [0.1, 0.15) is 0 Å². The monoisotopic (exact) mass is 218 g/mol. The summed E-state index contributed by atoms with van der Waals surface area (Å²) >= 11 is 0. The van der Waals surface area contributed by atoms with Crippen LogP contribution in [0.15, 0.2) is 18.2 Å². The molecule has 0 fully saturated rings. The van der Waals surface area contributed by atoms with Gasteiger partial charge in [-0.2, -0.15) is 0 Å². The molecule has 2 N–H and O–H groups in total. The molecule has 0 heterocycles. The Labute approximate surface area is 96.2 Å². The molecule has 2 amide bonds. The zero-order valence-electron chi connectivity index (χ0n) is 9.68. The third-order valence-electron chi connectivity index (χ3n) is 3.09. The van der Waals surface area contributed by atoms with Crippen LogP contribution in [0.1, 0.15) is 29.5 Å². The predicted molar refractivity (Wildman–Crippen MR) is 64.4 cm³/mol.